The van der Waals surface area contributed by atoms with E-state index in [2.05, 4.69) is 16.8 Å². The minimum atomic E-state index is 0.601. The van der Waals surface area contributed by atoms with Crippen molar-refractivity contribution in [2.24, 2.45) is 0 Å². The first kappa shape index (κ1) is 13.1. The lowest BCUT2D eigenvalue weighted by molar-refractivity contribution is 0.412. The van der Waals surface area contributed by atoms with Gasteiger partial charge in [-0.3, -0.25) is 0 Å². The fraction of sp³-hybridized carbons (Fsp3) is 0.583. The minimum absolute atomic E-state index is 0.601. The summed E-state index contributed by atoms with van der Waals surface area (Å²) in [6.45, 7) is 3.94. The third-order valence-corrected chi connectivity index (χ3v) is 2.58. The summed E-state index contributed by atoms with van der Waals surface area (Å²) in [6, 6.07) is 3.80. The van der Waals surface area contributed by atoms with Crippen LogP contribution in [-0.2, 0) is 0 Å². The predicted octanol–water partition coefficient (Wildman–Crippen LogP) is 2.94. The Morgan fingerprint density at radius 3 is 2.88 bits per heavy atom. The van der Waals surface area contributed by atoms with E-state index in [4.69, 9.17) is 16.3 Å². The molecule has 16 heavy (non-hydrogen) atoms. The molecule has 0 spiro atoms. The molecule has 1 aromatic heterocycles. The maximum atomic E-state index is 5.81. The Morgan fingerprint density at radius 2 is 2.25 bits per heavy atom. The molecule has 0 aromatic carbocycles. The number of unbranched alkanes of at least 4 members (excludes halogenated alkanes) is 1. The molecule has 1 rings (SSSR count). The molecule has 0 radical (unpaired) electrons. The summed E-state index contributed by atoms with van der Waals surface area (Å²) in [5.41, 5.74) is 0. The molecule has 0 aliphatic rings. The van der Waals surface area contributed by atoms with E-state index in [0.717, 1.165) is 37.5 Å². The van der Waals surface area contributed by atoms with Crippen molar-refractivity contribution >= 4 is 17.4 Å². The Hall–Kier alpha value is -0.960. The molecule has 4 heteroatoms. The number of methoxy groups -OCH3 is 1. The van der Waals surface area contributed by atoms with E-state index >= 15 is 0 Å². The van der Waals surface area contributed by atoms with Crippen LogP contribution in [0.5, 0.6) is 5.75 Å². The van der Waals surface area contributed by atoms with E-state index in [1.165, 1.54) is 0 Å². The molecule has 0 N–H and O–H groups in total. The van der Waals surface area contributed by atoms with Gasteiger partial charge in [0.15, 0.2) is 11.6 Å². The fourth-order valence-electron chi connectivity index (χ4n) is 1.55. The van der Waals surface area contributed by atoms with Crippen LogP contribution in [0.2, 0.25) is 0 Å². The van der Waals surface area contributed by atoms with Gasteiger partial charge in [0.2, 0.25) is 0 Å². The Bertz CT molecular complexity index is 307. The van der Waals surface area contributed by atoms with E-state index in [-0.39, 0.29) is 0 Å². The van der Waals surface area contributed by atoms with Crippen LogP contribution in [0.3, 0.4) is 0 Å². The van der Waals surface area contributed by atoms with Gasteiger partial charge >= 0.3 is 0 Å². The second-order valence-electron chi connectivity index (χ2n) is 3.56. The van der Waals surface area contributed by atoms with Crippen molar-refractivity contribution in [1.29, 1.82) is 0 Å². The monoisotopic (exact) mass is 242 g/mol. The zero-order chi connectivity index (χ0) is 11.8. The first-order chi connectivity index (χ1) is 7.83. The summed E-state index contributed by atoms with van der Waals surface area (Å²) >= 11 is 5.81. The highest BCUT2D eigenvalue weighted by Crippen LogP contribution is 2.24. The molecule has 0 bridgehead atoms. The third-order valence-electron chi connectivity index (χ3n) is 2.41. The van der Waals surface area contributed by atoms with Crippen LogP contribution >= 0.6 is 11.6 Å². The Kier molecular flexibility index (Phi) is 6.01. The number of hydrogen-bond acceptors (Lipinski definition) is 3. The maximum Gasteiger partial charge on any atom is 0.171 e. The number of pyridine rings is 1. The summed E-state index contributed by atoms with van der Waals surface area (Å²) in [6.07, 6.45) is 4.08. The highest BCUT2D eigenvalue weighted by Gasteiger charge is 2.11. The number of anilines is 1. The number of rotatable bonds is 7. The summed E-state index contributed by atoms with van der Waals surface area (Å²) in [5.74, 6) is 2.30. The van der Waals surface area contributed by atoms with Crippen molar-refractivity contribution < 1.29 is 4.74 Å². The van der Waals surface area contributed by atoms with Gasteiger partial charge in [-0.05, 0) is 18.6 Å². The molecule has 0 saturated heterocycles. The Balaban J connectivity index is 2.81. The van der Waals surface area contributed by atoms with Gasteiger partial charge in [-0.15, -0.1) is 11.6 Å². The topological polar surface area (TPSA) is 25.4 Å². The molecular weight excluding hydrogens is 224 g/mol. The molecule has 0 fully saturated rings. The number of halogens is 1. The lowest BCUT2D eigenvalue weighted by Gasteiger charge is -2.24. The van der Waals surface area contributed by atoms with Crippen LogP contribution < -0.4 is 9.64 Å². The van der Waals surface area contributed by atoms with Crippen molar-refractivity contribution in [2.75, 3.05) is 31.0 Å². The van der Waals surface area contributed by atoms with Crippen LogP contribution in [0.25, 0.3) is 0 Å². The third kappa shape index (κ3) is 3.56. The molecule has 1 heterocycles. The second kappa shape index (κ2) is 7.34. The van der Waals surface area contributed by atoms with Gasteiger partial charge in [-0.1, -0.05) is 13.3 Å². The largest absolute Gasteiger partial charge is 0.493 e. The Morgan fingerprint density at radius 1 is 1.44 bits per heavy atom. The average molecular weight is 243 g/mol. The molecule has 3 nitrogen and oxygen atoms in total. The second-order valence-corrected chi connectivity index (χ2v) is 3.94. The van der Waals surface area contributed by atoms with Gasteiger partial charge in [0, 0.05) is 25.2 Å². The van der Waals surface area contributed by atoms with E-state index in [1.54, 1.807) is 13.3 Å². The predicted molar refractivity (Wildman–Crippen MR) is 68.6 cm³/mol. The average Bonchev–Trinajstić information content (AvgIpc) is 2.34. The number of aromatic nitrogens is 1. The first-order valence-corrected chi connectivity index (χ1v) is 6.16. The van der Waals surface area contributed by atoms with Crippen LogP contribution in [-0.4, -0.2) is 31.1 Å². The quantitative estimate of drug-likeness (QED) is 0.688. The number of alkyl halides is 1. The van der Waals surface area contributed by atoms with Gasteiger partial charge in [0.05, 0.1) is 7.11 Å². The van der Waals surface area contributed by atoms with Crippen LogP contribution in [0, 0.1) is 0 Å². The lowest BCUT2D eigenvalue weighted by Crippen LogP contribution is -2.27. The van der Waals surface area contributed by atoms with Crippen molar-refractivity contribution in [1.82, 2.24) is 4.98 Å². The molecule has 0 aliphatic heterocycles. The molecule has 0 amide bonds. The van der Waals surface area contributed by atoms with Crippen LogP contribution in [0.1, 0.15) is 19.8 Å². The summed E-state index contributed by atoms with van der Waals surface area (Å²) in [4.78, 5) is 6.54. The van der Waals surface area contributed by atoms with E-state index in [9.17, 15) is 0 Å². The normalized spacial score (nSPS) is 10.2. The summed E-state index contributed by atoms with van der Waals surface area (Å²) in [7, 11) is 1.67. The molecule has 90 valence electrons. The smallest absolute Gasteiger partial charge is 0.171 e. The maximum absolute atomic E-state index is 5.81. The van der Waals surface area contributed by atoms with E-state index in [1.807, 2.05) is 12.1 Å². The molecule has 0 saturated carbocycles. The van der Waals surface area contributed by atoms with Gasteiger partial charge in [-0.25, -0.2) is 4.98 Å². The molecule has 0 unspecified atom stereocenters. The van der Waals surface area contributed by atoms with Gasteiger partial charge in [0.1, 0.15) is 0 Å². The van der Waals surface area contributed by atoms with E-state index < -0.39 is 0 Å². The van der Waals surface area contributed by atoms with Crippen molar-refractivity contribution in [3.63, 3.8) is 0 Å². The lowest BCUT2D eigenvalue weighted by atomic mass is 10.3. The van der Waals surface area contributed by atoms with E-state index in [0.29, 0.717) is 5.88 Å². The number of nitrogens with zero attached hydrogens (tertiary/aromatic N) is 2. The minimum Gasteiger partial charge on any atom is -0.493 e. The molecule has 0 aliphatic carbocycles. The Labute approximate surface area is 102 Å². The summed E-state index contributed by atoms with van der Waals surface area (Å²) < 4.78 is 5.31. The molecule has 1 aromatic rings. The highest BCUT2D eigenvalue weighted by atomic mass is 35.5. The SMILES string of the molecule is CCCCN(CCCl)c1ncccc1OC. The molecular formula is C12H19ClN2O. The van der Waals surface area contributed by atoms with Crippen molar-refractivity contribution in [2.45, 2.75) is 19.8 Å². The van der Waals surface area contributed by atoms with Gasteiger partial charge < -0.3 is 9.64 Å². The van der Waals surface area contributed by atoms with Gasteiger partial charge in [0.25, 0.3) is 0 Å². The highest BCUT2D eigenvalue weighted by molar-refractivity contribution is 6.18. The van der Waals surface area contributed by atoms with Crippen molar-refractivity contribution in [3.05, 3.63) is 18.3 Å². The number of ether oxygens (including phenoxy) is 1. The zero-order valence-corrected chi connectivity index (χ0v) is 10.7. The summed E-state index contributed by atoms with van der Waals surface area (Å²) in [5, 5.41) is 0. The van der Waals surface area contributed by atoms with Crippen LogP contribution in [0.15, 0.2) is 18.3 Å². The van der Waals surface area contributed by atoms with Crippen LogP contribution in [0.4, 0.5) is 5.82 Å². The number of hydrogen-bond donors (Lipinski definition) is 0. The first-order valence-electron chi connectivity index (χ1n) is 5.63. The molecule has 0 atom stereocenters. The van der Waals surface area contributed by atoms with Crippen molar-refractivity contribution in [3.8, 4) is 5.75 Å². The van der Waals surface area contributed by atoms with Gasteiger partial charge in [-0.2, -0.15) is 0 Å². The zero-order valence-electron chi connectivity index (χ0n) is 9.95. The fourth-order valence-corrected chi connectivity index (χ4v) is 1.76. The standard InChI is InChI=1S/C12H19ClN2O/c1-3-4-9-15(10-7-13)12-11(16-2)6-5-8-14-12/h5-6,8H,3-4,7,9-10H2,1-2H3.